The summed E-state index contributed by atoms with van der Waals surface area (Å²) in [6, 6.07) is 19.3. The third-order valence-corrected chi connectivity index (χ3v) is 4.18. The molecule has 0 saturated heterocycles. The van der Waals surface area contributed by atoms with Crippen LogP contribution in [0.4, 0.5) is 0 Å². The maximum Gasteiger partial charge on any atom is 0.303 e. The predicted molar refractivity (Wildman–Crippen MR) is 112 cm³/mol. The average Bonchev–Trinajstić information content (AvgIpc) is 2.77. The molecular weight excluding hydrogens is 382 g/mol. The van der Waals surface area contributed by atoms with Gasteiger partial charge in [0.1, 0.15) is 25.6 Å². The summed E-state index contributed by atoms with van der Waals surface area (Å²) in [6.45, 7) is 4.77. The van der Waals surface area contributed by atoms with Crippen molar-refractivity contribution < 1.29 is 23.7 Å². The van der Waals surface area contributed by atoms with E-state index in [1.54, 1.807) is 12.3 Å². The molecule has 1 aromatic heterocycles. The fraction of sp³-hybridized carbons (Fsp3) is 0.250. The number of nitrogens with zero attached hydrogens (tertiary/aromatic N) is 1. The van der Waals surface area contributed by atoms with Crippen LogP contribution in [0, 0.1) is 0 Å². The fourth-order valence-corrected chi connectivity index (χ4v) is 2.69. The Bertz CT molecular complexity index is 942. The normalized spacial score (nSPS) is 10.3. The molecule has 30 heavy (non-hydrogen) atoms. The van der Waals surface area contributed by atoms with Crippen molar-refractivity contribution >= 4 is 5.97 Å². The van der Waals surface area contributed by atoms with E-state index in [4.69, 9.17) is 18.9 Å². The molecule has 0 bridgehead atoms. The van der Waals surface area contributed by atoms with Gasteiger partial charge in [-0.15, -0.1) is 0 Å². The number of hydrogen-bond donors (Lipinski definition) is 0. The summed E-state index contributed by atoms with van der Waals surface area (Å²) in [5.41, 5.74) is 2.62. The van der Waals surface area contributed by atoms with Gasteiger partial charge >= 0.3 is 5.97 Å². The molecule has 3 aromatic rings. The summed E-state index contributed by atoms with van der Waals surface area (Å²) in [6.07, 6.45) is 1.59. The Hall–Kier alpha value is -3.54. The highest BCUT2D eigenvalue weighted by molar-refractivity contribution is 5.65. The van der Waals surface area contributed by atoms with Crippen molar-refractivity contribution in [3.63, 3.8) is 0 Å². The van der Waals surface area contributed by atoms with Gasteiger partial charge in [-0.3, -0.25) is 9.78 Å². The standard InChI is InChI=1S/C24H25NO5/c1-3-27-22-11-9-20(10-12-22)16-30-24-14-25-21(17-28-18(2)26)13-23(24)29-15-19-7-5-4-6-8-19/h4-14H,3,15-17H2,1-2H3. The van der Waals surface area contributed by atoms with E-state index in [0.29, 0.717) is 37.0 Å². The molecular formula is C24H25NO5. The third kappa shape index (κ3) is 6.51. The molecule has 6 nitrogen and oxygen atoms in total. The predicted octanol–water partition coefficient (Wildman–Crippen LogP) is 4.70. The van der Waals surface area contributed by atoms with Crippen LogP contribution in [0.5, 0.6) is 17.2 Å². The lowest BCUT2D eigenvalue weighted by Crippen LogP contribution is -2.05. The first-order valence-electron chi connectivity index (χ1n) is 9.77. The Morgan fingerprint density at radius 3 is 2.17 bits per heavy atom. The van der Waals surface area contributed by atoms with Crippen LogP contribution in [-0.2, 0) is 29.4 Å². The summed E-state index contributed by atoms with van der Waals surface area (Å²) in [4.78, 5) is 15.4. The molecule has 0 N–H and O–H groups in total. The second kappa shape index (κ2) is 10.9. The van der Waals surface area contributed by atoms with E-state index >= 15 is 0 Å². The van der Waals surface area contributed by atoms with Crippen molar-refractivity contribution in [3.8, 4) is 17.2 Å². The number of aromatic nitrogens is 1. The molecule has 0 aliphatic rings. The zero-order chi connectivity index (χ0) is 21.2. The van der Waals surface area contributed by atoms with Gasteiger partial charge in [0.2, 0.25) is 0 Å². The Morgan fingerprint density at radius 2 is 1.50 bits per heavy atom. The second-order valence-corrected chi connectivity index (χ2v) is 6.54. The maximum atomic E-state index is 11.1. The lowest BCUT2D eigenvalue weighted by atomic mass is 10.2. The molecule has 0 atom stereocenters. The molecule has 0 aliphatic heterocycles. The van der Waals surface area contributed by atoms with Crippen molar-refractivity contribution in [2.45, 2.75) is 33.7 Å². The van der Waals surface area contributed by atoms with Gasteiger partial charge in [0.15, 0.2) is 11.5 Å². The second-order valence-electron chi connectivity index (χ2n) is 6.54. The lowest BCUT2D eigenvalue weighted by Gasteiger charge is -2.14. The van der Waals surface area contributed by atoms with Gasteiger partial charge in [0, 0.05) is 13.0 Å². The number of ether oxygens (including phenoxy) is 4. The van der Waals surface area contributed by atoms with Crippen LogP contribution in [0.1, 0.15) is 30.7 Å². The van der Waals surface area contributed by atoms with E-state index in [2.05, 4.69) is 4.98 Å². The molecule has 0 saturated carbocycles. The minimum absolute atomic E-state index is 0.0796. The number of pyridine rings is 1. The molecule has 1 heterocycles. The number of rotatable bonds is 10. The van der Waals surface area contributed by atoms with Crippen LogP contribution in [0.2, 0.25) is 0 Å². The molecule has 0 radical (unpaired) electrons. The zero-order valence-corrected chi connectivity index (χ0v) is 17.2. The quantitative estimate of drug-likeness (QED) is 0.454. The summed E-state index contributed by atoms with van der Waals surface area (Å²) in [5.74, 6) is 1.53. The Morgan fingerprint density at radius 1 is 0.833 bits per heavy atom. The van der Waals surface area contributed by atoms with Crippen LogP contribution < -0.4 is 14.2 Å². The van der Waals surface area contributed by atoms with Crippen LogP contribution in [0.25, 0.3) is 0 Å². The van der Waals surface area contributed by atoms with Crippen molar-refractivity contribution in [2.75, 3.05) is 6.61 Å². The molecule has 0 fully saturated rings. The maximum absolute atomic E-state index is 11.1. The molecule has 0 unspecified atom stereocenters. The van der Waals surface area contributed by atoms with Gasteiger partial charge in [-0.25, -0.2) is 0 Å². The van der Waals surface area contributed by atoms with E-state index < -0.39 is 0 Å². The van der Waals surface area contributed by atoms with E-state index in [1.165, 1.54) is 6.92 Å². The zero-order valence-electron chi connectivity index (χ0n) is 17.2. The monoisotopic (exact) mass is 407 g/mol. The number of carbonyl (C=O) groups is 1. The molecule has 0 spiro atoms. The molecule has 6 heteroatoms. The largest absolute Gasteiger partial charge is 0.494 e. The lowest BCUT2D eigenvalue weighted by molar-refractivity contribution is -0.142. The highest BCUT2D eigenvalue weighted by atomic mass is 16.5. The van der Waals surface area contributed by atoms with Gasteiger partial charge < -0.3 is 18.9 Å². The topological polar surface area (TPSA) is 66.9 Å². The van der Waals surface area contributed by atoms with Gasteiger partial charge in [-0.2, -0.15) is 0 Å². The average molecular weight is 407 g/mol. The summed E-state index contributed by atoms with van der Waals surface area (Å²) in [5, 5.41) is 0. The van der Waals surface area contributed by atoms with Crippen molar-refractivity contribution in [1.29, 1.82) is 0 Å². The Labute approximate surface area is 176 Å². The highest BCUT2D eigenvalue weighted by Gasteiger charge is 2.10. The van der Waals surface area contributed by atoms with Crippen LogP contribution in [0.15, 0.2) is 66.9 Å². The first-order chi connectivity index (χ1) is 14.6. The number of hydrogen-bond acceptors (Lipinski definition) is 6. The fourth-order valence-electron chi connectivity index (χ4n) is 2.69. The summed E-state index contributed by atoms with van der Waals surface area (Å²) in [7, 11) is 0. The van der Waals surface area contributed by atoms with Crippen molar-refractivity contribution in [3.05, 3.63) is 83.7 Å². The number of benzene rings is 2. The van der Waals surface area contributed by atoms with E-state index in [9.17, 15) is 4.79 Å². The van der Waals surface area contributed by atoms with Crippen LogP contribution in [0.3, 0.4) is 0 Å². The molecule has 0 amide bonds. The summed E-state index contributed by atoms with van der Waals surface area (Å²) >= 11 is 0. The van der Waals surface area contributed by atoms with Crippen molar-refractivity contribution in [1.82, 2.24) is 4.98 Å². The molecule has 3 rings (SSSR count). The molecule has 0 aliphatic carbocycles. The minimum Gasteiger partial charge on any atom is -0.494 e. The first-order valence-corrected chi connectivity index (χ1v) is 9.77. The smallest absolute Gasteiger partial charge is 0.303 e. The Balaban J connectivity index is 1.71. The highest BCUT2D eigenvalue weighted by Crippen LogP contribution is 2.29. The van der Waals surface area contributed by atoms with E-state index in [0.717, 1.165) is 16.9 Å². The Kier molecular flexibility index (Phi) is 7.66. The third-order valence-electron chi connectivity index (χ3n) is 4.18. The van der Waals surface area contributed by atoms with Gasteiger partial charge in [-0.1, -0.05) is 42.5 Å². The number of carbonyl (C=O) groups excluding carboxylic acids is 1. The van der Waals surface area contributed by atoms with E-state index in [1.807, 2.05) is 61.5 Å². The number of esters is 1. The van der Waals surface area contributed by atoms with Crippen LogP contribution in [-0.4, -0.2) is 17.6 Å². The van der Waals surface area contributed by atoms with Gasteiger partial charge in [0.25, 0.3) is 0 Å². The summed E-state index contributed by atoms with van der Waals surface area (Å²) < 4.78 is 22.4. The van der Waals surface area contributed by atoms with Gasteiger partial charge in [0.05, 0.1) is 18.5 Å². The first kappa shape index (κ1) is 21.2. The van der Waals surface area contributed by atoms with Gasteiger partial charge in [-0.05, 0) is 30.2 Å². The van der Waals surface area contributed by atoms with E-state index in [-0.39, 0.29) is 12.6 Å². The molecule has 156 valence electrons. The SMILES string of the molecule is CCOc1ccc(COc2cnc(COC(C)=O)cc2OCc2ccccc2)cc1. The van der Waals surface area contributed by atoms with Crippen molar-refractivity contribution in [2.24, 2.45) is 0 Å². The van der Waals surface area contributed by atoms with Crippen LogP contribution >= 0.6 is 0 Å². The minimum atomic E-state index is -0.362. The molecule has 2 aromatic carbocycles.